The SMILES string of the molecule is Cc1ccc(CCl)c(=O)[nH]1. The summed E-state index contributed by atoms with van der Waals surface area (Å²) < 4.78 is 0. The number of alkyl halides is 1. The number of aromatic amines is 1. The molecule has 0 saturated heterocycles. The lowest BCUT2D eigenvalue weighted by molar-refractivity contribution is 1.10. The van der Waals surface area contributed by atoms with E-state index in [9.17, 15) is 4.79 Å². The van der Waals surface area contributed by atoms with Gasteiger partial charge in [-0.25, -0.2) is 0 Å². The highest BCUT2D eigenvalue weighted by Crippen LogP contribution is 1.96. The molecule has 0 bridgehead atoms. The molecular weight excluding hydrogens is 150 g/mol. The molecule has 1 aromatic heterocycles. The molecule has 1 aromatic rings. The Bertz CT molecular complexity index is 279. The average molecular weight is 158 g/mol. The number of hydrogen-bond donors (Lipinski definition) is 1. The zero-order valence-corrected chi connectivity index (χ0v) is 6.40. The minimum absolute atomic E-state index is 0.0880. The van der Waals surface area contributed by atoms with E-state index in [4.69, 9.17) is 11.6 Å². The monoisotopic (exact) mass is 157 g/mol. The first kappa shape index (κ1) is 7.35. The Balaban J connectivity index is 3.20. The van der Waals surface area contributed by atoms with Crippen molar-refractivity contribution in [3.63, 3.8) is 0 Å². The molecule has 0 amide bonds. The third-order valence-corrected chi connectivity index (χ3v) is 1.57. The first-order valence-electron chi connectivity index (χ1n) is 2.99. The van der Waals surface area contributed by atoms with Gasteiger partial charge in [0.25, 0.3) is 5.56 Å². The second kappa shape index (κ2) is 2.88. The van der Waals surface area contributed by atoms with E-state index in [0.717, 1.165) is 5.69 Å². The van der Waals surface area contributed by atoms with Crippen molar-refractivity contribution in [3.8, 4) is 0 Å². The van der Waals surface area contributed by atoms with Crippen LogP contribution in [-0.2, 0) is 5.88 Å². The van der Waals surface area contributed by atoms with Gasteiger partial charge in [-0.1, -0.05) is 6.07 Å². The van der Waals surface area contributed by atoms with Gasteiger partial charge in [0.15, 0.2) is 0 Å². The van der Waals surface area contributed by atoms with E-state index in [-0.39, 0.29) is 11.4 Å². The molecule has 0 aliphatic carbocycles. The summed E-state index contributed by atoms with van der Waals surface area (Å²) in [7, 11) is 0. The van der Waals surface area contributed by atoms with Crippen LogP contribution in [0.4, 0.5) is 0 Å². The largest absolute Gasteiger partial charge is 0.326 e. The number of rotatable bonds is 1. The van der Waals surface area contributed by atoms with Crippen LogP contribution >= 0.6 is 11.6 Å². The zero-order chi connectivity index (χ0) is 7.56. The lowest BCUT2D eigenvalue weighted by Gasteiger charge is -1.93. The standard InChI is InChI=1S/C7H8ClNO/c1-5-2-3-6(4-8)7(10)9-5/h2-3H,4H2,1H3,(H,9,10). The van der Waals surface area contributed by atoms with Crippen LogP contribution in [0.2, 0.25) is 0 Å². The smallest absolute Gasteiger partial charge is 0.252 e. The van der Waals surface area contributed by atoms with Gasteiger partial charge in [-0.15, -0.1) is 11.6 Å². The Labute approximate surface area is 63.8 Å². The van der Waals surface area contributed by atoms with Crippen molar-refractivity contribution in [2.24, 2.45) is 0 Å². The maximum Gasteiger partial charge on any atom is 0.252 e. The molecule has 3 heteroatoms. The van der Waals surface area contributed by atoms with Crippen molar-refractivity contribution in [2.45, 2.75) is 12.8 Å². The maximum absolute atomic E-state index is 10.9. The fourth-order valence-electron chi connectivity index (χ4n) is 0.708. The molecule has 54 valence electrons. The predicted molar refractivity (Wildman–Crippen MR) is 41.4 cm³/mol. The average Bonchev–Trinajstić information content (AvgIpc) is 1.88. The van der Waals surface area contributed by atoms with E-state index in [1.54, 1.807) is 6.07 Å². The van der Waals surface area contributed by atoms with Gasteiger partial charge in [0, 0.05) is 11.3 Å². The molecule has 0 fully saturated rings. The van der Waals surface area contributed by atoms with Crippen LogP contribution in [0.15, 0.2) is 16.9 Å². The topological polar surface area (TPSA) is 32.9 Å². The lowest BCUT2D eigenvalue weighted by atomic mass is 10.3. The summed E-state index contributed by atoms with van der Waals surface area (Å²) in [6.45, 7) is 1.83. The van der Waals surface area contributed by atoms with E-state index >= 15 is 0 Å². The second-order valence-corrected chi connectivity index (χ2v) is 2.40. The summed E-state index contributed by atoms with van der Waals surface area (Å²) in [6, 6.07) is 3.57. The van der Waals surface area contributed by atoms with Gasteiger partial charge in [0.1, 0.15) is 0 Å². The molecule has 0 saturated carbocycles. The number of pyridine rings is 1. The third kappa shape index (κ3) is 1.39. The Morgan fingerprint density at radius 2 is 2.30 bits per heavy atom. The van der Waals surface area contributed by atoms with Crippen LogP contribution in [0, 0.1) is 6.92 Å². The summed E-state index contributed by atoms with van der Waals surface area (Å²) in [4.78, 5) is 13.6. The van der Waals surface area contributed by atoms with Crippen molar-refractivity contribution >= 4 is 11.6 Å². The first-order chi connectivity index (χ1) is 4.74. The molecule has 0 unspecified atom stereocenters. The summed E-state index contributed by atoms with van der Waals surface area (Å²) >= 11 is 5.46. The van der Waals surface area contributed by atoms with Gasteiger partial charge in [-0.05, 0) is 13.0 Å². The van der Waals surface area contributed by atoms with Gasteiger partial charge >= 0.3 is 0 Å². The van der Waals surface area contributed by atoms with E-state index < -0.39 is 0 Å². The quantitative estimate of drug-likeness (QED) is 0.615. The molecule has 1 heterocycles. The number of aromatic nitrogens is 1. The van der Waals surface area contributed by atoms with E-state index in [1.165, 1.54) is 0 Å². The first-order valence-corrected chi connectivity index (χ1v) is 3.52. The van der Waals surface area contributed by atoms with Crippen molar-refractivity contribution in [1.29, 1.82) is 0 Å². The highest BCUT2D eigenvalue weighted by Gasteiger charge is 1.94. The number of nitrogens with one attached hydrogen (secondary N) is 1. The van der Waals surface area contributed by atoms with Gasteiger partial charge in [-0.3, -0.25) is 4.79 Å². The Hall–Kier alpha value is -0.760. The van der Waals surface area contributed by atoms with Gasteiger partial charge in [0.2, 0.25) is 0 Å². The Morgan fingerprint density at radius 3 is 2.80 bits per heavy atom. The molecule has 0 atom stereocenters. The Morgan fingerprint density at radius 1 is 1.60 bits per heavy atom. The fraction of sp³-hybridized carbons (Fsp3) is 0.286. The fourth-order valence-corrected chi connectivity index (χ4v) is 0.918. The highest BCUT2D eigenvalue weighted by atomic mass is 35.5. The highest BCUT2D eigenvalue weighted by molar-refractivity contribution is 6.17. The molecule has 0 radical (unpaired) electrons. The van der Waals surface area contributed by atoms with Gasteiger partial charge < -0.3 is 4.98 Å². The van der Waals surface area contributed by atoms with E-state index in [1.807, 2.05) is 13.0 Å². The van der Waals surface area contributed by atoms with Crippen molar-refractivity contribution in [3.05, 3.63) is 33.7 Å². The molecule has 0 aromatic carbocycles. The summed E-state index contributed by atoms with van der Waals surface area (Å²) in [5, 5.41) is 0. The second-order valence-electron chi connectivity index (χ2n) is 2.13. The Kier molecular flexibility index (Phi) is 2.12. The minimum Gasteiger partial charge on any atom is -0.326 e. The van der Waals surface area contributed by atoms with Crippen molar-refractivity contribution < 1.29 is 0 Å². The van der Waals surface area contributed by atoms with Crippen LogP contribution < -0.4 is 5.56 Å². The summed E-state index contributed by atoms with van der Waals surface area (Å²) in [5.41, 5.74) is 1.39. The maximum atomic E-state index is 10.9. The molecule has 0 aliphatic heterocycles. The van der Waals surface area contributed by atoms with Crippen LogP contribution in [0.3, 0.4) is 0 Å². The molecule has 1 N–H and O–H groups in total. The zero-order valence-electron chi connectivity index (χ0n) is 5.65. The van der Waals surface area contributed by atoms with Crippen LogP contribution in [0.5, 0.6) is 0 Å². The van der Waals surface area contributed by atoms with Crippen LogP contribution in [0.1, 0.15) is 11.3 Å². The van der Waals surface area contributed by atoms with Crippen molar-refractivity contribution in [2.75, 3.05) is 0 Å². The minimum atomic E-state index is -0.0880. The normalized spacial score (nSPS) is 9.80. The van der Waals surface area contributed by atoms with Crippen LogP contribution in [-0.4, -0.2) is 4.98 Å². The summed E-state index contributed by atoms with van der Waals surface area (Å²) in [6.07, 6.45) is 0. The predicted octanol–water partition coefficient (Wildman–Crippen LogP) is 1.42. The van der Waals surface area contributed by atoms with Crippen LogP contribution in [0.25, 0.3) is 0 Å². The lowest BCUT2D eigenvalue weighted by Crippen LogP contribution is -2.11. The van der Waals surface area contributed by atoms with E-state index in [2.05, 4.69) is 4.98 Å². The number of H-pyrrole nitrogens is 1. The number of aryl methyl sites for hydroxylation is 1. The number of halogens is 1. The van der Waals surface area contributed by atoms with E-state index in [0.29, 0.717) is 5.56 Å². The van der Waals surface area contributed by atoms with Gasteiger partial charge in [0.05, 0.1) is 5.88 Å². The number of hydrogen-bond acceptors (Lipinski definition) is 1. The molecule has 0 spiro atoms. The third-order valence-electron chi connectivity index (χ3n) is 1.28. The summed E-state index contributed by atoms with van der Waals surface area (Å²) in [5.74, 6) is 0.273. The molecule has 2 nitrogen and oxygen atoms in total. The molecule has 0 aliphatic rings. The molecule has 1 rings (SSSR count). The molecular formula is C7H8ClNO. The van der Waals surface area contributed by atoms with Crippen molar-refractivity contribution in [1.82, 2.24) is 4.98 Å². The molecule has 10 heavy (non-hydrogen) atoms. The van der Waals surface area contributed by atoms with Gasteiger partial charge in [-0.2, -0.15) is 0 Å².